The third-order valence-corrected chi connectivity index (χ3v) is 4.93. The minimum atomic E-state index is -0.178. The van der Waals surface area contributed by atoms with E-state index < -0.39 is 0 Å². The Morgan fingerprint density at radius 3 is 2.30 bits per heavy atom. The lowest BCUT2D eigenvalue weighted by Gasteiger charge is -2.14. The van der Waals surface area contributed by atoms with Crippen LogP contribution in [0.3, 0.4) is 0 Å². The van der Waals surface area contributed by atoms with E-state index in [9.17, 15) is 4.79 Å². The predicted octanol–water partition coefficient (Wildman–Crippen LogP) is 3.45. The highest BCUT2D eigenvalue weighted by atomic mass is 16.5. The molecule has 0 saturated heterocycles. The van der Waals surface area contributed by atoms with Crippen molar-refractivity contribution in [2.75, 3.05) is 21.3 Å². The number of rotatable bonds is 9. The van der Waals surface area contributed by atoms with E-state index in [1.54, 1.807) is 39.7 Å². The molecule has 0 aliphatic carbocycles. The Labute approximate surface area is 176 Å². The van der Waals surface area contributed by atoms with Gasteiger partial charge in [-0.3, -0.25) is 9.48 Å². The van der Waals surface area contributed by atoms with Gasteiger partial charge in [0.25, 0.3) is 5.91 Å². The van der Waals surface area contributed by atoms with Crippen LogP contribution in [0.1, 0.15) is 34.1 Å². The topological polar surface area (TPSA) is 74.6 Å². The second-order valence-corrected chi connectivity index (χ2v) is 6.70. The normalized spacial score (nSPS) is 10.5. The van der Waals surface area contributed by atoms with Crippen molar-refractivity contribution >= 4 is 5.91 Å². The molecule has 0 radical (unpaired) electrons. The molecule has 0 fully saturated rings. The number of nitrogens with one attached hydrogen (secondary N) is 1. The van der Waals surface area contributed by atoms with Crippen LogP contribution in [0.4, 0.5) is 0 Å². The maximum absolute atomic E-state index is 12.9. The summed E-state index contributed by atoms with van der Waals surface area (Å²) in [4.78, 5) is 12.9. The van der Waals surface area contributed by atoms with Crippen LogP contribution < -0.4 is 19.5 Å². The van der Waals surface area contributed by atoms with Crippen LogP contribution in [0.2, 0.25) is 0 Å². The standard InChI is InChI=1S/C23H27N3O4/c1-5-19-18(14-25-26(19)15-16-9-7-6-8-10-16)23(27)24-13-17-11-21(29-3)22(30-4)12-20(17)28-2/h6-12,14H,5,13,15H2,1-4H3,(H,24,27). The number of carbonyl (C=O) groups excluding carboxylic acids is 1. The number of amides is 1. The van der Waals surface area contributed by atoms with E-state index >= 15 is 0 Å². The molecular weight excluding hydrogens is 382 g/mol. The van der Waals surface area contributed by atoms with E-state index in [1.807, 2.05) is 41.9 Å². The fourth-order valence-corrected chi connectivity index (χ4v) is 3.37. The van der Waals surface area contributed by atoms with Gasteiger partial charge in [0.05, 0.1) is 45.3 Å². The Morgan fingerprint density at radius 1 is 1.00 bits per heavy atom. The van der Waals surface area contributed by atoms with Gasteiger partial charge in [-0.1, -0.05) is 37.3 Å². The molecule has 158 valence electrons. The molecular formula is C23H27N3O4. The smallest absolute Gasteiger partial charge is 0.255 e. The Bertz CT molecular complexity index is 999. The van der Waals surface area contributed by atoms with Gasteiger partial charge < -0.3 is 19.5 Å². The Balaban J connectivity index is 1.77. The Kier molecular flexibility index (Phi) is 6.95. The molecule has 2 aromatic carbocycles. The van der Waals surface area contributed by atoms with Crippen molar-refractivity contribution in [1.82, 2.24) is 15.1 Å². The van der Waals surface area contributed by atoms with E-state index in [1.165, 1.54) is 0 Å². The van der Waals surface area contributed by atoms with Gasteiger partial charge in [0, 0.05) is 18.2 Å². The third kappa shape index (κ3) is 4.56. The molecule has 0 aliphatic heterocycles. The summed E-state index contributed by atoms with van der Waals surface area (Å²) >= 11 is 0. The van der Waals surface area contributed by atoms with Crippen molar-refractivity contribution < 1.29 is 19.0 Å². The van der Waals surface area contributed by atoms with Crippen molar-refractivity contribution in [2.24, 2.45) is 0 Å². The van der Waals surface area contributed by atoms with Crippen molar-refractivity contribution in [3.8, 4) is 17.2 Å². The molecule has 3 rings (SSSR count). The average Bonchev–Trinajstić information content (AvgIpc) is 3.19. The molecule has 0 aliphatic rings. The monoisotopic (exact) mass is 409 g/mol. The summed E-state index contributed by atoms with van der Waals surface area (Å²) in [6, 6.07) is 13.6. The highest BCUT2D eigenvalue weighted by molar-refractivity contribution is 5.95. The molecule has 0 saturated carbocycles. The van der Waals surface area contributed by atoms with Gasteiger partial charge in [-0.2, -0.15) is 5.10 Å². The fraction of sp³-hybridized carbons (Fsp3) is 0.304. The Hall–Kier alpha value is -3.48. The van der Waals surface area contributed by atoms with Crippen LogP contribution in [0.15, 0.2) is 48.7 Å². The minimum Gasteiger partial charge on any atom is -0.496 e. The van der Waals surface area contributed by atoms with Crippen LogP contribution in [0.25, 0.3) is 0 Å². The first-order valence-corrected chi connectivity index (χ1v) is 9.76. The molecule has 3 aromatic rings. The molecule has 0 unspecified atom stereocenters. The summed E-state index contributed by atoms with van der Waals surface area (Å²) in [5.41, 5.74) is 3.40. The van der Waals surface area contributed by atoms with E-state index in [2.05, 4.69) is 10.4 Å². The van der Waals surface area contributed by atoms with Gasteiger partial charge in [0.1, 0.15) is 5.75 Å². The zero-order valence-corrected chi connectivity index (χ0v) is 17.8. The van der Waals surface area contributed by atoms with E-state index in [-0.39, 0.29) is 12.5 Å². The van der Waals surface area contributed by atoms with Gasteiger partial charge in [-0.05, 0) is 18.1 Å². The van der Waals surface area contributed by atoms with Crippen molar-refractivity contribution in [3.05, 3.63) is 71.0 Å². The quantitative estimate of drug-likeness (QED) is 0.586. The Morgan fingerprint density at radius 2 is 1.67 bits per heavy atom. The van der Waals surface area contributed by atoms with E-state index in [0.29, 0.717) is 35.8 Å². The number of hydrogen-bond acceptors (Lipinski definition) is 5. The number of ether oxygens (including phenoxy) is 3. The fourth-order valence-electron chi connectivity index (χ4n) is 3.37. The highest BCUT2D eigenvalue weighted by Gasteiger charge is 2.18. The second kappa shape index (κ2) is 9.82. The van der Waals surface area contributed by atoms with Crippen LogP contribution >= 0.6 is 0 Å². The summed E-state index contributed by atoms with van der Waals surface area (Å²) in [5.74, 6) is 1.58. The first-order chi connectivity index (χ1) is 14.6. The number of hydrogen-bond donors (Lipinski definition) is 1. The summed E-state index contributed by atoms with van der Waals surface area (Å²) in [7, 11) is 4.72. The molecule has 30 heavy (non-hydrogen) atoms. The van der Waals surface area contributed by atoms with Crippen molar-refractivity contribution in [3.63, 3.8) is 0 Å². The van der Waals surface area contributed by atoms with Crippen LogP contribution in [-0.4, -0.2) is 37.0 Å². The molecule has 0 bridgehead atoms. The number of aromatic nitrogens is 2. The van der Waals surface area contributed by atoms with E-state index in [4.69, 9.17) is 14.2 Å². The molecule has 7 nitrogen and oxygen atoms in total. The lowest BCUT2D eigenvalue weighted by Crippen LogP contribution is -2.24. The minimum absolute atomic E-state index is 0.178. The highest BCUT2D eigenvalue weighted by Crippen LogP contribution is 2.34. The van der Waals surface area contributed by atoms with Gasteiger partial charge in [-0.15, -0.1) is 0 Å². The maximum atomic E-state index is 12.9. The van der Waals surface area contributed by atoms with Gasteiger partial charge >= 0.3 is 0 Å². The largest absolute Gasteiger partial charge is 0.496 e. The first-order valence-electron chi connectivity index (χ1n) is 9.76. The molecule has 1 aromatic heterocycles. The SMILES string of the molecule is CCc1c(C(=O)NCc2cc(OC)c(OC)cc2OC)cnn1Cc1ccccc1. The molecule has 0 atom stereocenters. The number of benzene rings is 2. The van der Waals surface area contributed by atoms with E-state index in [0.717, 1.165) is 16.8 Å². The first kappa shape index (κ1) is 21.2. The van der Waals surface area contributed by atoms with Crippen LogP contribution in [0.5, 0.6) is 17.2 Å². The van der Waals surface area contributed by atoms with Crippen molar-refractivity contribution in [2.45, 2.75) is 26.4 Å². The number of carbonyl (C=O) groups is 1. The molecule has 0 spiro atoms. The van der Waals surface area contributed by atoms with Crippen molar-refractivity contribution in [1.29, 1.82) is 0 Å². The summed E-state index contributed by atoms with van der Waals surface area (Å²) in [6.07, 6.45) is 2.33. The van der Waals surface area contributed by atoms with Gasteiger partial charge in [0.2, 0.25) is 0 Å². The second-order valence-electron chi connectivity index (χ2n) is 6.70. The molecule has 1 heterocycles. The average molecular weight is 409 g/mol. The molecule has 1 amide bonds. The molecule has 7 heteroatoms. The third-order valence-electron chi connectivity index (χ3n) is 4.93. The summed E-state index contributed by atoms with van der Waals surface area (Å²) in [6.45, 7) is 2.93. The zero-order valence-electron chi connectivity index (χ0n) is 17.8. The number of nitrogens with zero attached hydrogens (tertiary/aromatic N) is 2. The number of methoxy groups -OCH3 is 3. The van der Waals surface area contributed by atoms with Gasteiger partial charge in [0.15, 0.2) is 11.5 Å². The lowest BCUT2D eigenvalue weighted by molar-refractivity contribution is 0.0949. The van der Waals surface area contributed by atoms with Gasteiger partial charge in [-0.25, -0.2) is 0 Å². The summed E-state index contributed by atoms with van der Waals surface area (Å²) in [5, 5.41) is 7.40. The zero-order chi connectivity index (χ0) is 21.5. The van der Waals surface area contributed by atoms with Crippen LogP contribution in [0, 0.1) is 0 Å². The predicted molar refractivity (Wildman–Crippen MR) is 114 cm³/mol. The molecule has 1 N–H and O–H groups in total. The van der Waals surface area contributed by atoms with Crippen LogP contribution in [-0.2, 0) is 19.5 Å². The summed E-state index contributed by atoms with van der Waals surface area (Å²) < 4.78 is 18.0. The maximum Gasteiger partial charge on any atom is 0.255 e. The lowest BCUT2D eigenvalue weighted by atomic mass is 10.1.